The Bertz CT molecular complexity index is 324. The van der Waals surface area contributed by atoms with Crippen molar-refractivity contribution in [3.63, 3.8) is 0 Å². The van der Waals surface area contributed by atoms with Crippen molar-refractivity contribution in [2.24, 2.45) is 5.73 Å². The number of carbonyl (C=O) groups excluding carboxylic acids is 1. The first-order chi connectivity index (χ1) is 6.13. The zero-order valence-electron chi connectivity index (χ0n) is 7.37. The molecular weight excluding hydrogens is 168 g/mol. The fourth-order valence-corrected chi connectivity index (χ4v) is 0.808. The summed E-state index contributed by atoms with van der Waals surface area (Å²) in [6.45, 7) is 1.78. The van der Waals surface area contributed by atoms with Gasteiger partial charge in [0.25, 0.3) is 0 Å². The van der Waals surface area contributed by atoms with Crippen molar-refractivity contribution < 1.29 is 4.79 Å². The minimum absolute atomic E-state index is 0.0601. The van der Waals surface area contributed by atoms with Crippen molar-refractivity contribution in [2.75, 3.05) is 17.6 Å². The maximum atomic E-state index is 10.9. The van der Waals surface area contributed by atoms with Gasteiger partial charge in [-0.15, -0.1) is 0 Å². The minimum atomic E-state index is -0.282. The summed E-state index contributed by atoms with van der Waals surface area (Å²) in [5, 5.41) is 2.50. The van der Waals surface area contributed by atoms with Gasteiger partial charge < -0.3 is 16.8 Å². The van der Waals surface area contributed by atoms with Crippen LogP contribution >= 0.6 is 0 Å². The van der Waals surface area contributed by atoms with Crippen LogP contribution in [0.5, 0.6) is 0 Å². The Morgan fingerprint density at radius 2 is 2.31 bits per heavy atom. The van der Waals surface area contributed by atoms with Gasteiger partial charge in [0.15, 0.2) is 0 Å². The molecule has 0 radical (unpaired) electrons. The minimum Gasteiger partial charge on any atom is -0.383 e. The Labute approximate surface area is 76.1 Å². The highest BCUT2D eigenvalue weighted by Crippen LogP contribution is 2.11. The summed E-state index contributed by atoms with van der Waals surface area (Å²) in [5.74, 6) is 0.559. The molecule has 0 bridgehead atoms. The van der Waals surface area contributed by atoms with E-state index in [9.17, 15) is 4.79 Å². The van der Waals surface area contributed by atoms with Gasteiger partial charge in [0.2, 0.25) is 5.91 Å². The quantitative estimate of drug-likeness (QED) is 0.591. The van der Waals surface area contributed by atoms with Gasteiger partial charge in [0.1, 0.15) is 11.6 Å². The van der Waals surface area contributed by atoms with Crippen LogP contribution in [0.4, 0.5) is 11.6 Å². The van der Waals surface area contributed by atoms with Crippen LogP contribution in [0.1, 0.15) is 5.56 Å². The summed E-state index contributed by atoms with van der Waals surface area (Å²) in [6.07, 6.45) is 0. The van der Waals surface area contributed by atoms with Crippen molar-refractivity contribution >= 4 is 17.5 Å². The Hall–Kier alpha value is -1.62. The topological polar surface area (TPSA) is 94.0 Å². The second-order valence-electron chi connectivity index (χ2n) is 2.65. The molecule has 0 saturated heterocycles. The van der Waals surface area contributed by atoms with E-state index < -0.39 is 0 Å². The van der Waals surface area contributed by atoms with Crippen LogP contribution in [0, 0.1) is 6.92 Å². The molecule has 5 N–H and O–H groups in total. The Kier molecular flexibility index (Phi) is 2.81. The van der Waals surface area contributed by atoms with Crippen molar-refractivity contribution in [1.29, 1.82) is 0 Å². The lowest BCUT2D eigenvalue weighted by atomic mass is 10.3. The van der Waals surface area contributed by atoms with E-state index in [1.807, 2.05) is 6.92 Å². The second-order valence-corrected chi connectivity index (χ2v) is 2.65. The van der Waals surface area contributed by atoms with Gasteiger partial charge >= 0.3 is 0 Å². The van der Waals surface area contributed by atoms with E-state index in [4.69, 9.17) is 11.5 Å². The van der Waals surface area contributed by atoms with Crippen LogP contribution in [-0.2, 0) is 4.79 Å². The molecule has 1 aromatic rings. The first kappa shape index (κ1) is 9.47. The monoisotopic (exact) mass is 180 g/mol. The molecule has 1 amide bonds. The van der Waals surface area contributed by atoms with Crippen molar-refractivity contribution in [1.82, 2.24) is 4.98 Å². The summed E-state index contributed by atoms with van der Waals surface area (Å²) in [5.41, 5.74) is 11.5. The van der Waals surface area contributed by atoms with Gasteiger partial charge in [-0.25, -0.2) is 4.98 Å². The first-order valence-electron chi connectivity index (χ1n) is 3.86. The molecule has 70 valence electrons. The number of nitrogens with one attached hydrogen (secondary N) is 1. The van der Waals surface area contributed by atoms with Crippen molar-refractivity contribution in [3.8, 4) is 0 Å². The number of carbonyl (C=O) groups is 1. The van der Waals surface area contributed by atoms with Gasteiger partial charge in [-0.2, -0.15) is 0 Å². The summed E-state index contributed by atoms with van der Waals surface area (Å²) in [7, 11) is 0. The molecule has 1 rings (SSSR count). The van der Waals surface area contributed by atoms with E-state index in [2.05, 4.69) is 10.3 Å². The van der Waals surface area contributed by atoms with Crippen LogP contribution in [-0.4, -0.2) is 17.4 Å². The standard InChI is InChI=1S/C8H12N4O/c1-5-2-3-6(12-8(5)10)11-7(13)4-9/h2-3H,4,9H2,1H3,(H3,10,11,12,13). The van der Waals surface area contributed by atoms with Gasteiger partial charge in [-0.05, 0) is 18.6 Å². The molecule has 0 aromatic carbocycles. The van der Waals surface area contributed by atoms with E-state index in [1.54, 1.807) is 12.1 Å². The zero-order chi connectivity index (χ0) is 9.84. The largest absolute Gasteiger partial charge is 0.383 e. The molecule has 0 aliphatic carbocycles. The molecular formula is C8H12N4O. The highest BCUT2D eigenvalue weighted by Gasteiger charge is 2.01. The Morgan fingerprint density at radius 3 is 2.85 bits per heavy atom. The Morgan fingerprint density at radius 1 is 1.62 bits per heavy atom. The van der Waals surface area contributed by atoms with Crippen LogP contribution in [0.3, 0.4) is 0 Å². The van der Waals surface area contributed by atoms with Gasteiger partial charge in [0.05, 0.1) is 6.54 Å². The molecule has 0 unspecified atom stereocenters. The molecule has 1 aromatic heterocycles. The number of pyridine rings is 1. The maximum Gasteiger partial charge on any atom is 0.239 e. The normalized spacial score (nSPS) is 9.69. The average molecular weight is 180 g/mol. The third-order valence-electron chi connectivity index (χ3n) is 1.59. The van der Waals surface area contributed by atoms with Gasteiger partial charge in [-0.1, -0.05) is 6.07 Å². The van der Waals surface area contributed by atoms with E-state index in [1.165, 1.54) is 0 Å². The fourth-order valence-electron chi connectivity index (χ4n) is 0.808. The number of nitrogen functional groups attached to an aromatic ring is 1. The van der Waals surface area contributed by atoms with Crippen LogP contribution in [0.25, 0.3) is 0 Å². The van der Waals surface area contributed by atoms with Crippen molar-refractivity contribution in [2.45, 2.75) is 6.92 Å². The number of rotatable bonds is 2. The lowest BCUT2D eigenvalue weighted by Crippen LogP contribution is -2.22. The van der Waals surface area contributed by atoms with E-state index >= 15 is 0 Å². The number of nitrogens with zero attached hydrogens (tertiary/aromatic N) is 1. The van der Waals surface area contributed by atoms with Crippen LogP contribution < -0.4 is 16.8 Å². The lowest BCUT2D eigenvalue weighted by Gasteiger charge is -2.04. The number of hydrogen-bond acceptors (Lipinski definition) is 4. The molecule has 5 heteroatoms. The highest BCUT2D eigenvalue weighted by molar-refractivity contribution is 5.91. The molecule has 5 nitrogen and oxygen atoms in total. The third kappa shape index (κ3) is 2.41. The number of hydrogen-bond donors (Lipinski definition) is 3. The SMILES string of the molecule is Cc1ccc(NC(=O)CN)nc1N. The average Bonchev–Trinajstić information content (AvgIpc) is 2.11. The summed E-state index contributed by atoms with van der Waals surface area (Å²) < 4.78 is 0. The fraction of sp³-hybridized carbons (Fsp3) is 0.250. The predicted octanol–water partition coefficient (Wildman–Crippen LogP) is -0.131. The number of nitrogens with two attached hydrogens (primary N) is 2. The van der Waals surface area contributed by atoms with E-state index in [0.29, 0.717) is 11.6 Å². The molecule has 0 saturated carbocycles. The van der Waals surface area contributed by atoms with Gasteiger partial charge in [-0.3, -0.25) is 4.79 Å². The number of aromatic nitrogens is 1. The number of anilines is 2. The maximum absolute atomic E-state index is 10.9. The summed E-state index contributed by atoms with van der Waals surface area (Å²) in [4.78, 5) is 14.8. The molecule has 0 fully saturated rings. The summed E-state index contributed by atoms with van der Waals surface area (Å²) in [6, 6.07) is 3.47. The second kappa shape index (κ2) is 3.86. The highest BCUT2D eigenvalue weighted by atomic mass is 16.1. The molecule has 0 aliphatic rings. The number of amides is 1. The lowest BCUT2D eigenvalue weighted by molar-refractivity contribution is -0.114. The molecule has 0 atom stereocenters. The third-order valence-corrected chi connectivity index (χ3v) is 1.59. The van der Waals surface area contributed by atoms with E-state index in [-0.39, 0.29) is 12.5 Å². The molecule has 13 heavy (non-hydrogen) atoms. The molecule has 0 aliphatic heterocycles. The van der Waals surface area contributed by atoms with Crippen LogP contribution in [0.15, 0.2) is 12.1 Å². The van der Waals surface area contributed by atoms with Crippen molar-refractivity contribution in [3.05, 3.63) is 17.7 Å². The van der Waals surface area contributed by atoms with Gasteiger partial charge in [0, 0.05) is 0 Å². The molecule has 1 heterocycles. The smallest absolute Gasteiger partial charge is 0.239 e. The molecule has 0 spiro atoms. The Balaban J connectivity index is 2.79. The van der Waals surface area contributed by atoms with Crippen LogP contribution in [0.2, 0.25) is 0 Å². The van der Waals surface area contributed by atoms with E-state index in [0.717, 1.165) is 5.56 Å². The summed E-state index contributed by atoms with van der Waals surface area (Å²) >= 11 is 0. The number of aryl methyl sites for hydroxylation is 1. The zero-order valence-corrected chi connectivity index (χ0v) is 7.37. The predicted molar refractivity (Wildman–Crippen MR) is 51.1 cm³/mol. The first-order valence-corrected chi connectivity index (χ1v) is 3.86.